The smallest absolute Gasteiger partial charge is 0.335 e. The van der Waals surface area contributed by atoms with Gasteiger partial charge in [-0.2, -0.15) is 0 Å². The Hall–Kier alpha value is -2.12. The zero-order chi connectivity index (χ0) is 14.7. The highest BCUT2D eigenvalue weighted by Gasteiger charge is 2.21. The van der Waals surface area contributed by atoms with E-state index in [1.165, 1.54) is 12.1 Å². The van der Waals surface area contributed by atoms with E-state index >= 15 is 0 Å². The molecule has 3 N–H and O–H groups in total. The average molecular weight is 338 g/mol. The van der Waals surface area contributed by atoms with Crippen molar-refractivity contribution in [3.63, 3.8) is 0 Å². The zero-order valence-corrected chi connectivity index (χ0v) is 12.2. The van der Waals surface area contributed by atoms with Gasteiger partial charge in [0, 0.05) is 4.47 Å². The molecule has 104 valence electrons. The van der Waals surface area contributed by atoms with E-state index < -0.39 is 4.92 Å². The standard InChI is InChI=1S/C13H12BrN3O3/c1-8-5-6-9(14)7-12(8)20-11-4-2-3-10(16-15)13(11)17(18)19/h2-7,16H,15H2,1H3. The topological polar surface area (TPSA) is 90.4 Å². The number of halogens is 1. The van der Waals surface area contributed by atoms with Gasteiger partial charge in [0.1, 0.15) is 11.4 Å². The molecular formula is C13H12BrN3O3. The van der Waals surface area contributed by atoms with Gasteiger partial charge in [-0.1, -0.05) is 28.1 Å². The quantitative estimate of drug-likeness (QED) is 0.503. The summed E-state index contributed by atoms with van der Waals surface area (Å²) < 4.78 is 6.49. The minimum Gasteiger partial charge on any atom is -0.450 e. The number of anilines is 1. The molecule has 0 spiro atoms. The number of nitro groups is 1. The van der Waals surface area contributed by atoms with Gasteiger partial charge in [0.25, 0.3) is 0 Å². The monoisotopic (exact) mass is 337 g/mol. The first kappa shape index (κ1) is 14.3. The summed E-state index contributed by atoms with van der Waals surface area (Å²) in [5, 5.41) is 11.2. The van der Waals surface area contributed by atoms with Gasteiger partial charge >= 0.3 is 5.69 Å². The third-order valence-corrected chi connectivity index (χ3v) is 3.20. The van der Waals surface area contributed by atoms with Crippen molar-refractivity contribution in [2.45, 2.75) is 6.92 Å². The number of nitrogen functional groups attached to an aromatic ring is 1. The fraction of sp³-hybridized carbons (Fsp3) is 0.0769. The molecule has 0 aliphatic rings. The number of nitrogens with two attached hydrogens (primary N) is 1. The van der Waals surface area contributed by atoms with Crippen molar-refractivity contribution in [3.8, 4) is 11.5 Å². The van der Waals surface area contributed by atoms with Crippen LogP contribution in [0.1, 0.15) is 5.56 Å². The van der Waals surface area contributed by atoms with Crippen LogP contribution in [0.2, 0.25) is 0 Å². The summed E-state index contributed by atoms with van der Waals surface area (Å²) in [6.45, 7) is 1.86. The summed E-state index contributed by atoms with van der Waals surface area (Å²) in [5.41, 5.74) is 3.16. The number of hydrogen-bond donors (Lipinski definition) is 2. The maximum absolute atomic E-state index is 11.2. The summed E-state index contributed by atoms with van der Waals surface area (Å²) in [5.74, 6) is 5.96. The molecule has 0 aliphatic heterocycles. The Kier molecular flexibility index (Phi) is 4.21. The number of rotatable bonds is 4. The summed E-state index contributed by atoms with van der Waals surface area (Å²) >= 11 is 3.34. The number of para-hydroxylation sites is 1. The first-order chi connectivity index (χ1) is 9.52. The Morgan fingerprint density at radius 2 is 2.05 bits per heavy atom. The molecule has 0 radical (unpaired) electrons. The molecule has 6 nitrogen and oxygen atoms in total. The van der Waals surface area contributed by atoms with E-state index in [9.17, 15) is 10.1 Å². The Balaban J connectivity index is 2.48. The van der Waals surface area contributed by atoms with Gasteiger partial charge in [-0.3, -0.25) is 16.0 Å². The number of hydrazine groups is 1. The largest absolute Gasteiger partial charge is 0.450 e. The number of benzene rings is 2. The first-order valence-corrected chi connectivity index (χ1v) is 6.50. The van der Waals surface area contributed by atoms with Gasteiger partial charge in [-0.25, -0.2) is 0 Å². The molecule has 0 aliphatic carbocycles. The lowest BCUT2D eigenvalue weighted by molar-refractivity contribution is -0.384. The van der Waals surface area contributed by atoms with E-state index in [4.69, 9.17) is 10.6 Å². The first-order valence-electron chi connectivity index (χ1n) is 5.71. The lowest BCUT2D eigenvalue weighted by Crippen LogP contribution is -2.09. The van der Waals surface area contributed by atoms with Crippen molar-refractivity contribution in [3.05, 3.63) is 56.5 Å². The predicted molar refractivity (Wildman–Crippen MR) is 79.9 cm³/mol. The number of nitrogens with zero attached hydrogens (tertiary/aromatic N) is 1. The van der Waals surface area contributed by atoms with Gasteiger partial charge in [-0.05, 0) is 36.8 Å². The number of hydrogen-bond acceptors (Lipinski definition) is 5. The van der Waals surface area contributed by atoms with Crippen LogP contribution in [0.15, 0.2) is 40.9 Å². The number of nitrogens with one attached hydrogen (secondary N) is 1. The second-order valence-electron chi connectivity index (χ2n) is 4.07. The highest BCUT2D eigenvalue weighted by atomic mass is 79.9. The molecule has 20 heavy (non-hydrogen) atoms. The Morgan fingerprint density at radius 3 is 2.70 bits per heavy atom. The van der Waals surface area contributed by atoms with Crippen LogP contribution < -0.4 is 16.0 Å². The normalized spacial score (nSPS) is 10.2. The number of ether oxygens (including phenoxy) is 1. The highest BCUT2D eigenvalue weighted by Crippen LogP contribution is 2.38. The Labute approximate surface area is 123 Å². The third kappa shape index (κ3) is 2.89. The molecule has 0 fully saturated rings. The SMILES string of the molecule is Cc1ccc(Br)cc1Oc1cccc(NN)c1[N+](=O)[O-]. The number of nitro benzene ring substituents is 1. The van der Waals surface area contributed by atoms with Crippen molar-refractivity contribution in [1.29, 1.82) is 0 Å². The molecule has 0 unspecified atom stereocenters. The molecule has 2 aromatic carbocycles. The fourth-order valence-electron chi connectivity index (χ4n) is 1.71. The van der Waals surface area contributed by atoms with E-state index in [1.807, 2.05) is 19.1 Å². The molecule has 0 amide bonds. The molecule has 0 aromatic heterocycles. The molecule has 2 rings (SSSR count). The predicted octanol–water partition coefficient (Wildman–Crippen LogP) is 3.74. The lowest BCUT2D eigenvalue weighted by atomic mass is 10.2. The van der Waals surface area contributed by atoms with E-state index in [0.29, 0.717) is 5.75 Å². The summed E-state index contributed by atoms with van der Waals surface area (Å²) in [6.07, 6.45) is 0. The second kappa shape index (κ2) is 5.89. The van der Waals surface area contributed by atoms with Crippen LogP contribution >= 0.6 is 15.9 Å². The van der Waals surface area contributed by atoms with Crippen molar-refractivity contribution < 1.29 is 9.66 Å². The molecule has 0 atom stereocenters. The van der Waals surface area contributed by atoms with Crippen molar-refractivity contribution >= 4 is 27.3 Å². The maximum Gasteiger partial charge on any atom is 0.335 e. The van der Waals surface area contributed by atoms with Crippen LogP contribution in [0.3, 0.4) is 0 Å². The summed E-state index contributed by atoms with van der Waals surface area (Å²) in [4.78, 5) is 10.6. The van der Waals surface area contributed by atoms with Gasteiger partial charge in [0.2, 0.25) is 5.75 Å². The average Bonchev–Trinajstić information content (AvgIpc) is 2.42. The van der Waals surface area contributed by atoms with Crippen LogP contribution in [0, 0.1) is 17.0 Å². The van der Waals surface area contributed by atoms with E-state index in [-0.39, 0.29) is 17.1 Å². The molecule has 0 saturated heterocycles. The number of aryl methyl sites for hydroxylation is 1. The van der Waals surface area contributed by atoms with Crippen molar-refractivity contribution in [2.75, 3.05) is 5.43 Å². The van der Waals surface area contributed by atoms with Gasteiger partial charge in [-0.15, -0.1) is 0 Å². The lowest BCUT2D eigenvalue weighted by Gasteiger charge is -2.11. The molecule has 2 aromatic rings. The molecule has 0 heterocycles. The van der Waals surface area contributed by atoms with Crippen molar-refractivity contribution in [2.24, 2.45) is 5.84 Å². The molecule has 0 saturated carbocycles. The van der Waals surface area contributed by atoms with E-state index in [0.717, 1.165) is 10.0 Å². The van der Waals surface area contributed by atoms with Crippen LogP contribution in [0.5, 0.6) is 11.5 Å². The fourth-order valence-corrected chi connectivity index (χ4v) is 2.05. The Bertz CT molecular complexity index is 661. The van der Waals surface area contributed by atoms with E-state index in [2.05, 4.69) is 21.4 Å². The van der Waals surface area contributed by atoms with Gasteiger partial charge < -0.3 is 10.2 Å². The van der Waals surface area contributed by atoms with Crippen molar-refractivity contribution in [1.82, 2.24) is 0 Å². The second-order valence-corrected chi connectivity index (χ2v) is 4.98. The van der Waals surface area contributed by atoms with Crippen LogP contribution in [0.4, 0.5) is 11.4 Å². The summed E-state index contributed by atoms with van der Waals surface area (Å²) in [7, 11) is 0. The molecule has 0 bridgehead atoms. The van der Waals surface area contributed by atoms with Crippen LogP contribution in [-0.2, 0) is 0 Å². The van der Waals surface area contributed by atoms with Gasteiger partial charge in [0.15, 0.2) is 0 Å². The zero-order valence-electron chi connectivity index (χ0n) is 10.6. The highest BCUT2D eigenvalue weighted by molar-refractivity contribution is 9.10. The molecule has 7 heteroatoms. The van der Waals surface area contributed by atoms with Gasteiger partial charge in [0.05, 0.1) is 4.92 Å². The van der Waals surface area contributed by atoms with Crippen LogP contribution in [-0.4, -0.2) is 4.92 Å². The maximum atomic E-state index is 11.2. The van der Waals surface area contributed by atoms with Crippen LogP contribution in [0.25, 0.3) is 0 Å². The van der Waals surface area contributed by atoms with E-state index in [1.54, 1.807) is 12.1 Å². The molecular weight excluding hydrogens is 326 g/mol. The minimum atomic E-state index is -0.530. The third-order valence-electron chi connectivity index (χ3n) is 2.71. The Morgan fingerprint density at radius 1 is 1.30 bits per heavy atom. The minimum absolute atomic E-state index is 0.131. The summed E-state index contributed by atoms with van der Waals surface area (Å²) in [6, 6.07) is 10.1.